The van der Waals surface area contributed by atoms with E-state index in [0.717, 1.165) is 19.3 Å². The van der Waals surface area contributed by atoms with E-state index in [1.807, 2.05) is 6.92 Å². The summed E-state index contributed by atoms with van der Waals surface area (Å²) in [7, 11) is 0. The van der Waals surface area contributed by atoms with Crippen LogP contribution in [0.15, 0.2) is 18.2 Å². The molecule has 2 aliphatic rings. The maximum absolute atomic E-state index is 14.6. The Morgan fingerprint density at radius 2 is 2.30 bits per heavy atom. The number of morpholine rings is 1. The van der Waals surface area contributed by atoms with Crippen molar-refractivity contribution in [2.75, 3.05) is 26.2 Å². The van der Waals surface area contributed by atoms with Gasteiger partial charge in [-0.15, -0.1) is 0 Å². The summed E-state index contributed by atoms with van der Waals surface area (Å²) in [6.45, 7) is 4.22. The molecule has 0 spiro atoms. The van der Waals surface area contributed by atoms with Gasteiger partial charge in [0.25, 0.3) is 0 Å². The van der Waals surface area contributed by atoms with Crippen LogP contribution in [0.2, 0.25) is 5.02 Å². The van der Waals surface area contributed by atoms with Crippen molar-refractivity contribution in [3.8, 4) is 0 Å². The second-order valence-electron chi connectivity index (χ2n) is 7.69. The number of ether oxygens (including phenoxy) is 1. The van der Waals surface area contributed by atoms with Gasteiger partial charge in [-0.1, -0.05) is 24.1 Å². The predicted molar refractivity (Wildman–Crippen MR) is 104 cm³/mol. The van der Waals surface area contributed by atoms with Crippen LogP contribution < -0.4 is 11.1 Å². The molecule has 1 heterocycles. The number of nitrogens with two attached hydrogens (primary N) is 1. The Labute approximate surface area is 165 Å². The number of hydrogen-bond donors (Lipinski definition) is 2. The lowest BCUT2D eigenvalue weighted by Crippen LogP contribution is -2.47. The number of amides is 1. The minimum absolute atomic E-state index is 0.0314. The minimum Gasteiger partial charge on any atom is -0.376 e. The van der Waals surface area contributed by atoms with Gasteiger partial charge in [-0.2, -0.15) is 0 Å². The van der Waals surface area contributed by atoms with Gasteiger partial charge in [-0.3, -0.25) is 9.69 Å². The summed E-state index contributed by atoms with van der Waals surface area (Å²) in [5.41, 5.74) is 6.51. The van der Waals surface area contributed by atoms with Gasteiger partial charge in [-0.05, 0) is 37.8 Å². The van der Waals surface area contributed by atoms with E-state index in [1.165, 1.54) is 6.07 Å². The first-order chi connectivity index (χ1) is 13.0. The maximum Gasteiger partial charge on any atom is 0.220 e. The van der Waals surface area contributed by atoms with Crippen molar-refractivity contribution in [1.29, 1.82) is 0 Å². The zero-order valence-electron chi connectivity index (χ0n) is 15.8. The Morgan fingerprint density at radius 1 is 1.48 bits per heavy atom. The van der Waals surface area contributed by atoms with Crippen LogP contribution in [0.1, 0.15) is 44.2 Å². The summed E-state index contributed by atoms with van der Waals surface area (Å²) in [6.07, 6.45) is 3.55. The molecule has 2 unspecified atom stereocenters. The van der Waals surface area contributed by atoms with Crippen molar-refractivity contribution in [1.82, 2.24) is 10.2 Å². The third kappa shape index (κ3) is 5.19. The van der Waals surface area contributed by atoms with Crippen LogP contribution >= 0.6 is 11.6 Å². The van der Waals surface area contributed by atoms with E-state index in [4.69, 9.17) is 22.1 Å². The third-order valence-corrected chi connectivity index (χ3v) is 6.03. The minimum atomic E-state index is -0.348. The fourth-order valence-electron chi connectivity index (χ4n) is 4.21. The van der Waals surface area contributed by atoms with Crippen LogP contribution in [0, 0.1) is 11.7 Å². The molecule has 0 radical (unpaired) electrons. The molecular formula is C20H29ClFN3O2. The topological polar surface area (TPSA) is 67.6 Å². The molecule has 5 nitrogen and oxygen atoms in total. The first-order valence-corrected chi connectivity index (χ1v) is 10.2. The maximum atomic E-state index is 14.6. The van der Waals surface area contributed by atoms with Gasteiger partial charge in [0.05, 0.1) is 18.8 Å². The number of carbonyl (C=O) groups is 1. The fourth-order valence-corrected chi connectivity index (χ4v) is 4.50. The van der Waals surface area contributed by atoms with Crippen LogP contribution in [0.5, 0.6) is 0 Å². The van der Waals surface area contributed by atoms with Gasteiger partial charge in [-0.25, -0.2) is 4.39 Å². The van der Waals surface area contributed by atoms with Crippen molar-refractivity contribution in [2.24, 2.45) is 11.7 Å². The van der Waals surface area contributed by atoms with E-state index in [-0.39, 0.29) is 35.8 Å². The smallest absolute Gasteiger partial charge is 0.220 e. The summed E-state index contributed by atoms with van der Waals surface area (Å²) in [5.74, 6) is -0.140. The summed E-state index contributed by atoms with van der Waals surface area (Å²) in [6, 6.07) is 4.48. The van der Waals surface area contributed by atoms with E-state index < -0.39 is 0 Å². The molecule has 1 saturated carbocycles. The normalized spacial score (nSPS) is 27.5. The molecule has 3 rings (SSSR count). The number of benzene rings is 1. The van der Waals surface area contributed by atoms with E-state index in [2.05, 4.69) is 10.2 Å². The Morgan fingerprint density at radius 3 is 2.96 bits per heavy atom. The van der Waals surface area contributed by atoms with Crippen molar-refractivity contribution in [3.05, 3.63) is 34.6 Å². The molecule has 1 amide bonds. The third-order valence-electron chi connectivity index (χ3n) is 5.70. The van der Waals surface area contributed by atoms with E-state index in [1.54, 1.807) is 12.1 Å². The molecule has 27 heavy (non-hydrogen) atoms. The number of rotatable bonds is 6. The highest BCUT2D eigenvalue weighted by Crippen LogP contribution is 2.31. The Balaban J connectivity index is 1.71. The lowest BCUT2D eigenvalue weighted by Gasteiger charge is -2.38. The highest BCUT2D eigenvalue weighted by Gasteiger charge is 2.30. The van der Waals surface area contributed by atoms with Crippen LogP contribution in [0.4, 0.5) is 4.39 Å². The molecule has 1 aromatic carbocycles. The Bertz CT molecular complexity index is 640. The van der Waals surface area contributed by atoms with Crippen LogP contribution in [0.25, 0.3) is 0 Å². The van der Waals surface area contributed by atoms with Crippen molar-refractivity contribution in [2.45, 2.75) is 50.8 Å². The zero-order chi connectivity index (χ0) is 19.4. The van der Waals surface area contributed by atoms with Crippen molar-refractivity contribution >= 4 is 17.5 Å². The number of hydrogen-bond acceptors (Lipinski definition) is 4. The first kappa shape index (κ1) is 20.5. The molecular weight excluding hydrogens is 369 g/mol. The Kier molecular flexibility index (Phi) is 7.09. The molecule has 0 aromatic heterocycles. The molecule has 7 heteroatoms. The highest BCUT2D eigenvalue weighted by atomic mass is 35.5. The van der Waals surface area contributed by atoms with Gasteiger partial charge < -0.3 is 15.8 Å². The average Bonchev–Trinajstić information content (AvgIpc) is 3.02. The molecule has 4 atom stereocenters. The van der Waals surface area contributed by atoms with Gasteiger partial charge in [0.1, 0.15) is 5.82 Å². The predicted octanol–water partition coefficient (Wildman–Crippen LogP) is 2.87. The summed E-state index contributed by atoms with van der Waals surface area (Å²) in [4.78, 5) is 14.6. The molecule has 1 saturated heterocycles. The first-order valence-electron chi connectivity index (χ1n) is 9.77. The van der Waals surface area contributed by atoms with E-state index in [0.29, 0.717) is 43.2 Å². The number of nitrogens with zero attached hydrogens (tertiary/aromatic N) is 1. The lowest BCUT2D eigenvalue weighted by atomic mass is 9.99. The van der Waals surface area contributed by atoms with Gasteiger partial charge in [0.15, 0.2) is 0 Å². The Hall–Kier alpha value is -1.21. The fraction of sp³-hybridized carbons (Fsp3) is 0.650. The van der Waals surface area contributed by atoms with Crippen molar-refractivity contribution in [3.63, 3.8) is 0 Å². The highest BCUT2D eigenvalue weighted by molar-refractivity contribution is 6.31. The molecule has 150 valence electrons. The number of halogens is 2. The second kappa shape index (κ2) is 9.32. The average molecular weight is 398 g/mol. The summed E-state index contributed by atoms with van der Waals surface area (Å²) in [5, 5.41) is 3.37. The summed E-state index contributed by atoms with van der Waals surface area (Å²) < 4.78 is 20.2. The quantitative estimate of drug-likeness (QED) is 0.774. The molecule has 1 aliphatic carbocycles. The summed E-state index contributed by atoms with van der Waals surface area (Å²) >= 11 is 6.32. The second-order valence-corrected chi connectivity index (χ2v) is 8.10. The number of carbonyl (C=O) groups excluding carboxylic acids is 1. The van der Waals surface area contributed by atoms with Crippen molar-refractivity contribution < 1.29 is 13.9 Å². The van der Waals surface area contributed by atoms with E-state index in [9.17, 15) is 9.18 Å². The number of nitrogens with one attached hydrogen (secondary N) is 1. The lowest BCUT2D eigenvalue weighted by molar-refractivity contribution is -0.122. The van der Waals surface area contributed by atoms with Gasteiger partial charge in [0, 0.05) is 42.7 Å². The van der Waals surface area contributed by atoms with Crippen LogP contribution in [-0.4, -0.2) is 49.2 Å². The largest absolute Gasteiger partial charge is 0.376 e. The monoisotopic (exact) mass is 397 g/mol. The molecule has 1 aromatic rings. The molecule has 3 N–H and O–H groups in total. The molecule has 2 fully saturated rings. The SMILES string of the molecule is CC1CN(C(CNC(=O)C[C@@H]2CCC[C@H]2N)c2c(F)cccc2Cl)CCO1. The zero-order valence-corrected chi connectivity index (χ0v) is 16.6. The van der Waals surface area contributed by atoms with Gasteiger partial charge >= 0.3 is 0 Å². The van der Waals surface area contributed by atoms with Crippen LogP contribution in [0.3, 0.4) is 0 Å². The molecule has 0 bridgehead atoms. The standard InChI is InChI=1S/C20H29ClFN3O2/c1-13-12-25(8-9-27-13)18(20-15(21)5-3-6-16(20)22)11-24-19(26)10-14-4-2-7-17(14)23/h3,5-6,13-14,17-18H,2,4,7-12,23H2,1H3,(H,24,26)/t13?,14-,17+,18?/m0/s1. The van der Waals surface area contributed by atoms with Gasteiger partial charge in [0.2, 0.25) is 5.91 Å². The van der Waals surface area contributed by atoms with E-state index >= 15 is 0 Å². The van der Waals surface area contributed by atoms with Crippen LogP contribution in [-0.2, 0) is 9.53 Å². The molecule has 1 aliphatic heterocycles.